The second-order valence-electron chi connectivity index (χ2n) is 17.3. The monoisotopic (exact) mass is 722 g/mol. The summed E-state index contributed by atoms with van der Waals surface area (Å²) in [4.78, 5) is 69.4. The maximum Gasteiger partial charge on any atom is 0.315 e. The SMILES string of the molecule is C=CCNC(=O)C(=O)C(CCC)CC(=O)[C@@H]1[C@@H]2[C@H](CN1C(=O)[C@@H](NC(=O)N[C@H](CN1CCN(C(C)C)S1(=O)=O)C(C)(C)C)C(C)(C)C)C2(C)C. The number of hydrogen-bond acceptors (Lipinski definition) is 7. The summed E-state index contributed by atoms with van der Waals surface area (Å²) < 4.78 is 29.3. The molecule has 3 rings (SSSR count). The van der Waals surface area contributed by atoms with Crippen LogP contribution in [0.5, 0.6) is 0 Å². The van der Waals surface area contributed by atoms with E-state index in [-0.39, 0.29) is 48.6 Å². The first-order chi connectivity index (χ1) is 22.9. The van der Waals surface area contributed by atoms with Gasteiger partial charge in [0.05, 0.1) is 6.04 Å². The summed E-state index contributed by atoms with van der Waals surface area (Å²) in [5.41, 5.74) is -1.44. The molecule has 2 saturated heterocycles. The molecule has 50 heavy (non-hydrogen) atoms. The largest absolute Gasteiger partial charge is 0.346 e. The number of carbonyl (C=O) groups is 5. The summed E-state index contributed by atoms with van der Waals surface area (Å²) in [5, 5.41) is 8.36. The quantitative estimate of drug-likeness (QED) is 0.173. The Balaban J connectivity index is 1.82. The number of fused-ring (bicyclic) bond motifs is 1. The zero-order valence-corrected chi connectivity index (χ0v) is 32.9. The fourth-order valence-corrected chi connectivity index (χ4v) is 9.33. The average Bonchev–Trinajstić information content (AvgIpc) is 3.27. The summed E-state index contributed by atoms with van der Waals surface area (Å²) in [6.07, 6.45) is 2.28. The van der Waals surface area contributed by atoms with Crippen molar-refractivity contribution in [3.8, 4) is 0 Å². The molecule has 3 aliphatic rings. The van der Waals surface area contributed by atoms with Crippen molar-refractivity contribution in [3.05, 3.63) is 12.7 Å². The maximum atomic E-state index is 14.4. The van der Waals surface area contributed by atoms with Gasteiger partial charge in [-0.15, -0.1) is 6.58 Å². The van der Waals surface area contributed by atoms with E-state index in [1.807, 2.05) is 62.3 Å². The Morgan fingerprint density at radius 3 is 2.10 bits per heavy atom. The molecule has 284 valence electrons. The number of ketones is 2. The molecule has 1 aliphatic carbocycles. The van der Waals surface area contributed by atoms with Crippen molar-refractivity contribution in [2.24, 2.45) is 34.0 Å². The lowest BCUT2D eigenvalue weighted by molar-refractivity contribution is -0.145. The number of urea groups is 1. The number of hydrogen-bond donors (Lipinski definition) is 3. The maximum absolute atomic E-state index is 14.4. The highest BCUT2D eigenvalue weighted by Crippen LogP contribution is 2.65. The van der Waals surface area contributed by atoms with E-state index in [2.05, 4.69) is 36.4 Å². The molecule has 3 fully saturated rings. The predicted molar refractivity (Wildman–Crippen MR) is 193 cm³/mol. The molecule has 0 aromatic carbocycles. The Morgan fingerprint density at radius 2 is 1.60 bits per heavy atom. The Hall–Kier alpha value is -2.84. The Labute approximate surface area is 299 Å². The number of nitrogens with zero attached hydrogens (tertiary/aromatic N) is 3. The second kappa shape index (κ2) is 15.4. The van der Waals surface area contributed by atoms with Gasteiger partial charge in [0, 0.05) is 57.1 Å². The van der Waals surface area contributed by atoms with Crippen molar-refractivity contribution in [1.82, 2.24) is 29.5 Å². The van der Waals surface area contributed by atoms with E-state index in [1.165, 1.54) is 14.7 Å². The number of likely N-dealkylation sites (tertiary alicyclic amines) is 1. The molecule has 3 N–H and O–H groups in total. The second-order valence-corrected chi connectivity index (χ2v) is 19.2. The minimum Gasteiger partial charge on any atom is -0.346 e. The van der Waals surface area contributed by atoms with Crippen LogP contribution >= 0.6 is 0 Å². The molecule has 1 unspecified atom stereocenters. The highest BCUT2D eigenvalue weighted by atomic mass is 32.2. The first-order valence-corrected chi connectivity index (χ1v) is 19.4. The summed E-state index contributed by atoms with van der Waals surface area (Å²) in [6, 6.07) is -3.17. The van der Waals surface area contributed by atoms with Gasteiger partial charge in [-0.1, -0.05) is 74.8 Å². The number of Topliss-reactive ketones (excluding diaryl/α,β-unsaturated/α-hetero) is 2. The third kappa shape index (κ3) is 8.96. The van der Waals surface area contributed by atoms with Crippen molar-refractivity contribution in [3.63, 3.8) is 0 Å². The molecule has 14 heteroatoms. The van der Waals surface area contributed by atoms with E-state index in [4.69, 9.17) is 0 Å². The molecule has 0 radical (unpaired) electrons. The third-order valence-electron chi connectivity index (χ3n) is 10.8. The fraction of sp³-hybridized carbons (Fsp3) is 0.806. The van der Waals surface area contributed by atoms with Crippen LogP contribution < -0.4 is 16.0 Å². The molecule has 0 spiro atoms. The van der Waals surface area contributed by atoms with Crippen molar-refractivity contribution < 1.29 is 32.4 Å². The molecule has 13 nitrogen and oxygen atoms in total. The van der Waals surface area contributed by atoms with Crippen LogP contribution in [0, 0.1) is 34.0 Å². The highest BCUT2D eigenvalue weighted by Gasteiger charge is 2.69. The first kappa shape index (κ1) is 41.6. The number of amides is 4. The molecular formula is C36H62N6O7S. The van der Waals surface area contributed by atoms with Gasteiger partial charge in [0.2, 0.25) is 11.7 Å². The van der Waals surface area contributed by atoms with Gasteiger partial charge in [0.1, 0.15) is 6.04 Å². The molecule has 1 saturated carbocycles. The summed E-state index contributed by atoms with van der Waals surface area (Å²) in [6.45, 7) is 25.7. The van der Waals surface area contributed by atoms with Crippen LogP contribution in [0.1, 0.15) is 95.4 Å². The Bertz CT molecular complexity index is 1430. The zero-order valence-electron chi connectivity index (χ0n) is 32.1. The summed E-state index contributed by atoms with van der Waals surface area (Å²) >= 11 is 0. The Kier molecular flexibility index (Phi) is 12.8. The van der Waals surface area contributed by atoms with Crippen LogP contribution in [-0.2, 0) is 29.4 Å². The van der Waals surface area contributed by atoms with E-state index in [1.54, 1.807) is 4.90 Å². The van der Waals surface area contributed by atoms with Crippen molar-refractivity contribution in [2.45, 2.75) is 120 Å². The number of piperidine rings is 1. The highest BCUT2D eigenvalue weighted by molar-refractivity contribution is 7.87. The smallest absolute Gasteiger partial charge is 0.315 e. The zero-order chi connectivity index (χ0) is 38.1. The topological polar surface area (TPSA) is 165 Å². The van der Waals surface area contributed by atoms with Crippen LogP contribution in [0.3, 0.4) is 0 Å². The molecular weight excluding hydrogens is 660 g/mol. The van der Waals surface area contributed by atoms with Gasteiger partial charge in [-0.05, 0) is 48.3 Å². The van der Waals surface area contributed by atoms with Crippen LogP contribution in [0.4, 0.5) is 4.79 Å². The molecule has 0 aromatic rings. The van der Waals surface area contributed by atoms with Crippen LogP contribution in [0.2, 0.25) is 0 Å². The van der Waals surface area contributed by atoms with Crippen molar-refractivity contribution in [2.75, 3.05) is 32.7 Å². The molecule has 4 amide bonds. The fourth-order valence-electron chi connectivity index (χ4n) is 7.54. The van der Waals surface area contributed by atoms with Gasteiger partial charge in [-0.3, -0.25) is 19.2 Å². The molecule has 0 bridgehead atoms. The first-order valence-electron chi connectivity index (χ1n) is 18.0. The Morgan fingerprint density at radius 1 is 0.980 bits per heavy atom. The standard InChI is InChI=1S/C36H62N6O7S/c1-13-15-23(29(44)31(45)37-16-14-2)19-25(43)28-27-24(36(27,11)12)20-41(28)32(46)30(35(8,9)10)39-33(47)38-26(34(5,6)7)21-40-17-18-42(22(3)4)50(40,48)49/h14,22-24,26-28,30H,2,13,15-21H2,1,3-12H3,(H,37,45)(H2,38,39,47)/t23?,24-,26+,27-,28+,30+/m0/s1. The van der Waals surface area contributed by atoms with Gasteiger partial charge in [0.25, 0.3) is 16.1 Å². The van der Waals surface area contributed by atoms with Crippen molar-refractivity contribution in [1.29, 1.82) is 0 Å². The van der Waals surface area contributed by atoms with Gasteiger partial charge >= 0.3 is 6.03 Å². The van der Waals surface area contributed by atoms with Crippen molar-refractivity contribution >= 4 is 39.6 Å². The number of nitrogens with one attached hydrogen (secondary N) is 3. The summed E-state index contributed by atoms with van der Waals surface area (Å²) in [5.74, 6) is -2.87. The third-order valence-corrected chi connectivity index (χ3v) is 13.0. The van der Waals surface area contributed by atoms with Crippen LogP contribution in [-0.4, -0.2) is 108 Å². The van der Waals surface area contributed by atoms with E-state index in [0.29, 0.717) is 32.5 Å². The molecule has 2 aliphatic heterocycles. The van der Waals surface area contributed by atoms with E-state index >= 15 is 0 Å². The average molecular weight is 723 g/mol. The van der Waals surface area contributed by atoms with Gasteiger partial charge in [-0.2, -0.15) is 17.0 Å². The molecule has 2 heterocycles. The van der Waals surface area contributed by atoms with E-state index in [9.17, 15) is 32.4 Å². The number of rotatable bonds is 15. The molecule has 6 atom stereocenters. The lowest BCUT2D eigenvalue weighted by Crippen LogP contribution is -2.61. The lowest BCUT2D eigenvalue weighted by atomic mass is 9.84. The summed E-state index contributed by atoms with van der Waals surface area (Å²) in [7, 11) is -3.69. The lowest BCUT2D eigenvalue weighted by Gasteiger charge is -2.39. The van der Waals surface area contributed by atoms with Crippen LogP contribution in [0.15, 0.2) is 12.7 Å². The minimum absolute atomic E-state index is 0.0704. The normalized spacial score (nSPS) is 25.0. The minimum atomic E-state index is -3.69. The van der Waals surface area contributed by atoms with Gasteiger partial charge in [0.15, 0.2) is 5.78 Å². The predicted octanol–water partition coefficient (Wildman–Crippen LogP) is 3.12. The van der Waals surface area contributed by atoms with Gasteiger partial charge < -0.3 is 20.9 Å². The number of carbonyl (C=O) groups excluding carboxylic acids is 5. The molecule has 0 aromatic heterocycles. The van der Waals surface area contributed by atoms with Gasteiger partial charge in [-0.25, -0.2) is 4.79 Å². The van der Waals surface area contributed by atoms with E-state index in [0.717, 1.165) is 0 Å². The van der Waals surface area contributed by atoms with E-state index < -0.39 is 68.7 Å². The van der Waals surface area contributed by atoms with Crippen LogP contribution in [0.25, 0.3) is 0 Å².